The molecule has 0 rings (SSSR count). The molecule has 1 amide bonds. The normalized spacial score (nSPS) is 12.6. The Morgan fingerprint density at radius 3 is 2.75 bits per heavy atom. The summed E-state index contributed by atoms with van der Waals surface area (Å²) in [5, 5.41) is 2.68. The number of nitrogens with two attached hydrogens (primary N) is 1. The highest BCUT2D eigenvalue weighted by atomic mass is 16.5. The Balaban J connectivity index is 3.31. The first-order chi connectivity index (χ1) is 5.72. The molecule has 0 heterocycles. The van der Waals surface area contributed by atoms with Crippen molar-refractivity contribution in [3.8, 4) is 0 Å². The van der Waals surface area contributed by atoms with E-state index in [0.29, 0.717) is 26.2 Å². The van der Waals surface area contributed by atoms with Crippen molar-refractivity contribution in [3.05, 3.63) is 0 Å². The van der Waals surface area contributed by atoms with E-state index in [-0.39, 0.29) is 11.9 Å². The first-order valence-electron chi connectivity index (χ1n) is 4.33. The molecular weight excluding hydrogens is 156 g/mol. The summed E-state index contributed by atoms with van der Waals surface area (Å²) in [5.74, 6) is -0.0998. The van der Waals surface area contributed by atoms with E-state index in [2.05, 4.69) is 5.32 Å². The Morgan fingerprint density at radius 2 is 2.25 bits per heavy atom. The van der Waals surface area contributed by atoms with Crippen LogP contribution in [-0.4, -0.2) is 31.7 Å². The summed E-state index contributed by atoms with van der Waals surface area (Å²) in [4.78, 5) is 11.0. The Labute approximate surface area is 73.5 Å². The summed E-state index contributed by atoms with van der Waals surface area (Å²) in [6.45, 7) is 5.57. The molecule has 0 aliphatic rings. The van der Waals surface area contributed by atoms with Crippen molar-refractivity contribution in [3.63, 3.8) is 0 Å². The SMILES string of the molecule is CCOCCNC(=O)[C@H](N)CC. The number of nitrogens with one attached hydrogen (secondary N) is 1. The third-order valence-corrected chi connectivity index (χ3v) is 1.53. The molecule has 0 aliphatic carbocycles. The summed E-state index contributed by atoms with van der Waals surface area (Å²) in [6, 6.07) is -0.383. The minimum absolute atomic E-state index is 0.0998. The first kappa shape index (κ1) is 11.4. The summed E-state index contributed by atoms with van der Waals surface area (Å²) in [5.41, 5.74) is 5.48. The lowest BCUT2D eigenvalue weighted by Crippen LogP contribution is -2.41. The molecule has 4 nitrogen and oxygen atoms in total. The molecule has 0 unspecified atom stereocenters. The van der Waals surface area contributed by atoms with Crippen molar-refractivity contribution in [1.29, 1.82) is 0 Å². The number of carbonyl (C=O) groups excluding carboxylic acids is 1. The Kier molecular flexibility index (Phi) is 6.70. The molecule has 0 saturated carbocycles. The van der Waals surface area contributed by atoms with E-state index >= 15 is 0 Å². The highest BCUT2D eigenvalue weighted by molar-refractivity contribution is 5.81. The minimum atomic E-state index is -0.383. The number of hydrogen-bond acceptors (Lipinski definition) is 3. The van der Waals surface area contributed by atoms with Gasteiger partial charge in [-0.3, -0.25) is 4.79 Å². The Hall–Kier alpha value is -0.610. The molecule has 1 atom stereocenters. The number of carbonyl (C=O) groups is 1. The summed E-state index contributed by atoms with van der Waals surface area (Å²) >= 11 is 0. The van der Waals surface area contributed by atoms with Crippen molar-refractivity contribution in [2.24, 2.45) is 5.73 Å². The van der Waals surface area contributed by atoms with Crippen LogP contribution in [0.3, 0.4) is 0 Å². The molecule has 72 valence electrons. The molecule has 0 aromatic heterocycles. The third kappa shape index (κ3) is 5.09. The molecule has 0 aliphatic heterocycles. The molecule has 3 N–H and O–H groups in total. The van der Waals surface area contributed by atoms with E-state index in [1.165, 1.54) is 0 Å². The fourth-order valence-corrected chi connectivity index (χ4v) is 0.707. The number of ether oxygens (including phenoxy) is 1. The fourth-order valence-electron chi connectivity index (χ4n) is 0.707. The van der Waals surface area contributed by atoms with Crippen LogP contribution in [0.15, 0.2) is 0 Å². The smallest absolute Gasteiger partial charge is 0.236 e. The average molecular weight is 174 g/mol. The van der Waals surface area contributed by atoms with Gasteiger partial charge in [0.2, 0.25) is 5.91 Å². The van der Waals surface area contributed by atoms with E-state index in [4.69, 9.17) is 10.5 Å². The van der Waals surface area contributed by atoms with Gasteiger partial charge in [-0.2, -0.15) is 0 Å². The van der Waals surface area contributed by atoms with Gasteiger partial charge >= 0.3 is 0 Å². The predicted molar refractivity (Wildman–Crippen MR) is 47.8 cm³/mol. The summed E-state index contributed by atoms with van der Waals surface area (Å²) in [7, 11) is 0. The van der Waals surface area contributed by atoms with Gasteiger partial charge < -0.3 is 15.8 Å². The predicted octanol–water partition coefficient (Wildman–Crippen LogP) is -0.124. The second-order valence-electron chi connectivity index (χ2n) is 2.50. The lowest BCUT2D eigenvalue weighted by atomic mass is 10.2. The molecule has 0 radical (unpaired) electrons. The number of amides is 1. The zero-order chi connectivity index (χ0) is 9.40. The molecule has 0 spiro atoms. The van der Waals surface area contributed by atoms with Gasteiger partial charge in [-0.25, -0.2) is 0 Å². The second-order valence-corrected chi connectivity index (χ2v) is 2.50. The molecule has 4 heteroatoms. The molecule has 0 saturated heterocycles. The standard InChI is InChI=1S/C8H18N2O2/c1-3-7(9)8(11)10-5-6-12-4-2/h7H,3-6,9H2,1-2H3,(H,10,11)/t7-/m1/s1. The Bertz CT molecular complexity index is 128. The second kappa shape index (κ2) is 7.06. The average Bonchev–Trinajstić information content (AvgIpc) is 2.10. The lowest BCUT2D eigenvalue weighted by Gasteiger charge is -2.09. The van der Waals surface area contributed by atoms with E-state index < -0.39 is 0 Å². The van der Waals surface area contributed by atoms with E-state index in [1.807, 2.05) is 13.8 Å². The van der Waals surface area contributed by atoms with Crippen molar-refractivity contribution in [1.82, 2.24) is 5.32 Å². The van der Waals surface area contributed by atoms with Gasteiger partial charge in [-0.05, 0) is 13.3 Å². The first-order valence-corrected chi connectivity index (χ1v) is 4.33. The van der Waals surface area contributed by atoms with Crippen molar-refractivity contribution >= 4 is 5.91 Å². The fraction of sp³-hybridized carbons (Fsp3) is 0.875. The summed E-state index contributed by atoms with van der Waals surface area (Å²) in [6.07, 6.45) is 0.667. The van der Waals surface area contributed by atoms with Gasteiger partial charge in [0.1, 0.15) is 0 Å². The highest BCUT2D eigenvalue weighted by Crippen LogP contribution is 1.84. The van der Waals surface area contributed by atoms with Crippen molar-refractivity contribution in [2.75, 3.05) is 19.8 Å². The quantitative estimate of drug-likeness (QED) is 0.552. The maximum atomic E-state index is 11.0. The van der Waals surface area contributed by atoms with E-state index in [0.717, 1.165) is 0 Å². The molecular formula is C8H18N2O2. The van der Waals surface area contributed by atoms with Crippen LogP contribution >= 0.6 is 0 Å². The number of rotatable bonds is 6. The largest absolute Gasteiger partial charge is 0.380 e. The molecule has 12 heavy (non-hydrogen) atoms. The van der Waals surface area contributed by atoms with Gasteiger partial charge in [0.15, 0.2) is 0 Å². The monoisotopic (exact) mass is 174 g/mol. The molecule has 0 bridgehead atoms. The van der Waals surface area contributed by atoms with Crippen LogP contribution in [0.4, 0.5) is 0 Å². The van der Waals surface area contributed by atoms with Crippen LogP contribution < -0.4 is 11.1 Å². The molecule has 0 fully saturated rings. The van der Waals surface area contributed by atoms with Gasteiger partial charge in [-0.15, -0.1) is 0 Å². The van der Waals surface area contributed by atoms with Crippen LogP contribution in [-0.2, 0) is 9.53 Å². The zero-order valence-electron chi connectivity index (χ0n) is 7.80. The maximum absolute atomic E-state index is 11.0. The maximum Gasteiger partial charge on any atom is 0.236 e. The van der Waals surface area contributed by atoms with Gasteiger partial charge in [0.25, 0.3) is 0 Å². The van der Waals surface area contributed by atoms with Crippen LogP contribution in [0.2, 0.25) is 0 Å². The third-order valence-electron chi connectivity index (χ3n) is 1.53. The highest BCUT2D eigenvalue weighted by Gasteiger charge is 2.08. The topological polar surface area (TPSA) is 64.3 Å². The lowest BCUT2D eigenvalue weighted by molar-refractivity contribution is -0.122. The molecule has 0 aromatic carbocycles. The van der Waals surface area contributed by atoms with E-state index in [1.54, 1.807) is 0 Å². The van der Waals surface area contributed by atoms with Gasteiger partial charge in [-0.1, -0.05) is 6.92 Å². The van der Waals surface area contributed by atoms with Crippen LogP contribution in [0.25, 0.3) is 0 Å². The molecule has 0 aromatic rings. The van der Waals surface area contributed by atoms with Gasteiger partial charge in [0.05, 0.1) is 12.6 Å². The van der Waals surface area contributed by atoms with Crippen molar-refractivity contribution in [2.45, 2.75) is 26.3 Å². The van der Waals surface area contributed by atoms with Crippen LogP contribution in [0.1, 0.15) is 20.3 Å². The van der Waals surface area contributed by atoms with Crippen LogP contribution in [0.5, 0.6) is 0 Å². The Morgan fingerprint density at radius 1 is 1.58 bits per heavy atom. The minimum Gasteiger partial charge on any atom is -0.380 e. The van der Waals surface area contributed by atoms with Crippen molar-refractivity contribution < 1.29 is 9.53 Å². The number of hydrogen-bond donors (Lipinski definition) is 2. The van der Waals surface area contributed by atoms with Crippen LogP contribution in [0, 0.1) is 0 Å². The zero-order valence-corrected chi connectivity index (χ0v) is 7.80. The summed E-state index contributed by atoms with van der Waals surface area (Å²) < 4.78 is 5.04. The van der Waals surface area contributed by atoms with Gasteiger partial charge in [0, 0.05) is 13.2 Å². The van der Waals surface area contributed by atoms with E-state index in [9.17, 15) is 4.79 Å².